The van der Waals surface area contributed by atoms with E-state index in [0.717, 1.165) is 15.6 Å². The summed E-state index contributed by atoms with van der Waals surface area (Å²) < 4.78 is 45.0. The van der Waals surface area contributed by atoms with Crippen LogP contribution in [0.15, 0.2) is 71.6 Å². The first-order chi connectivity index (χ1) is 17.3. The number of methoxy groups -OCH3 is 2. The van der Waals surface area contributed by atoms with Gasteiger partial charge in [-0.2, -0.15) is 0 Å². The SMILES string of the molecule is CCOc1ccc(N(CC(=O)N2c3ccccc3C[C@@H]2C)S(=O)(=O)c2ccc(OC)c(OC)c2)cc1. The maximum atomic E-state index is 13.9. The number of anilines is 2. The molecule has 1 aliphatic rings. The van der Waals surface area contributed by atoms with Gasteiger partial charge in [0.2, 0.25) is 5.91 Å². The van der Waals surface area contributed by atoms with Crippen LogP contribution in [0.25, 0.3) is 0 Å². The van der Waals surface area contributed by atoms with E-state index in [1.54, 1.807) is 29.2 Å². The summed E-state index contributed by atoms with van der Waals surface area (Å²) in [5, 5.41) is 0. The van der Waals surface area contributed by atoms with Gasteiger partial charge in [0.1, 0.15) is 12.3 Å². The van der Waals surface area contributed by atoms with Gasteiger partial charge in [-0.25, -0.2) is 8.42 Å². The molecule has 0 unspecified atom stereocenters. The topological polar surface area (TPSA) is 85.4 Å². The average molecular weight is 511 g/mol. The van der Waals surface area contributed by atoms with E-state index in [4.69, 9.17) is 14.2 Å². The van der Waals surface area contributed by atoms with Crippen LogP contribution in [0.3, 0.4) is 0 Å². The lowest BCUT2D eigenvalue weighted by Gasteiger charge is -2.29. The number of benzene rings is 3. The van der Waals surface area contributed by atoms with Gasteiger partial charge >= 0.3 is 0 Å². The van der Waals surface area contributed by atoms with Crippen molar-refractivity contribution in [2.75, 3.05) is 36.6 Å². The molecule has 9 heteroatoms. The third kappa shape index (κ3) is 4.83. The Balaban J connectivity index is 1.74. The zero-order chi connectivity index (χ0) is 25.9. The van der Waals surface area contributed by atoms with Crippen LogP contribution in [0.5, 0.6) is 17.2 Å². The van der Waals surface area contributed by atoms with Gasteiger partial charge in [-0.3, -0.25) is 9.10 Å². The van der Waals surface area contributed by atoms with Crippen molar-refractivity contribution in [1.29, 1.82) is 0 Å². The van der Waals surface area contributed by atoms with Crippen LogP contribution in [0.2, 0.25) is 0 Å². The van der Waals surface area contributed by atoms with E-state index in [1.807, 2.05) is 38.1 Å². The predicted molar refractivity (Wildman–Crippen MR) is 139 cm³/mol. The molecule has 0 N–H and O–H groups in total. The molecule has 0 spiro atoms. The van der Waals surface area contributed by atoms with Crippen molar-refractivity contribution < 1.29 is 27.4 Å². The van der Waals surface area contributed by atoms with Crippen LogP contribution in [-0.4, -0.2) is 47.7 Å². The van der Waals surface area contributed by atoms with Gasteiger partial charge < -0.3 is 19.1 Å². The minimum Gasteiger partial charge on any atom is -0.494 e. The van der Waals surface area contributed by atoms with Crippen LogP contribution in [0, 0.1) is 0 Å². The molecule has 8 nitrogen and oxygen atoms in total. The predicted octanol–water partition coefficient (Wildman–Crippen LogP) is 4.28. The highest BCUT2D eigenvalue weighted by Gasteiger charge is 2.35. The van der Waals surface area contributed by atoms with Crippen molar-refractivity contribution in [3.8, 4) is 17.2 Å². The Hall–Kier alpha value is -3.72. The number of amides is 1. The van der Waals surface area contributed by atoms with Crippen LogP contribution in [0.1, 0.15) is 19.4 Å². The van der Waals surface area contributed by atoms with Gasteiger partial charge in [-0.1, -0.05) is 18.2 Å². The fraction of sp³-hybridized carbons (Fsp3) is 0.296. The first-order valence-electron chi connectivity index (χ1n) is 11.7. The number of carbonyl (C=O) groups is 1. The highest BCUT2D eigenvalue weighted by Crippen LogP contribution is 2.35. The molecule has 4 rings (SSSR count). The largest absolute Gasteiger partial charge is 0.494 e. The maximum Gasteiger partial charge on any atom is 0.264 e. The fourth-order valence-corrected chi connectivity index (χ4v) is 5.87. The number of rotatable bonds is 9. The van der Waals surface area contributed by atoms with Crippen molar-refractivity contribution in [2.45, 2.75) is 31.2 Å². The van der Waals surface area contributed by atoms with Crippen molar-refractivity contribution >= 4 is 27.3 Å². The number of hydrogen-bond acceptors (Lipinski definition) is 6. The Bertz CT molecular complexity index is 1340. The zero-order valence-corrected chi connectivity index (χ0v) is 21.6. The lowest BCUT2D eigenvalue weighted by Crippen LogP contribution is -2.45. The summed E-state index contributed by atoms with van der Waals surface area (Å²) in [5.74, 6) is 0.977. The summed E-state index contributed by atoms with van der Waals surface area (Å²) >= 11 is 0. The first kappa shape index (κ1) is 25.4. The van der Waals surface area contributed by atoms with Gasteiger partial charge in [-0.05, 0) is 68.3 Å². The molecule has 1 atom stereocenters. The molecule has 0 fully saturated rings. The summed E-state index contributed by atoms with van der Waals surface area (Å²) in [6.45, 7) is 3.94. The lowest BCUT2D eigenvalue weighted by molar-refractivity contribution is -0.117. The molecule has 1 aliphatic heterocycles. The van der Waals surface area contributed by atoms with E-state index in [0.29, 0.717) is 30.2 Å². The van der Waals surface area contributed by atoms with E-state index < -0.39 is 10.0 Å². The quantitative estimate of drug-likeness (QED) is 0.427. The van der Waals surface area contributed by atoms with Gasteiger partial charge in [0.05, 0.1) is 31.4 Å². The Labute approximate surface area is 212 Å². The Kier molecular flexibility index (Phi) is 7.40. The molecular formula is C27H30N2O6S. The molecule has 0 bridgehead atoms. The van der Waals surface area contributed by atoms with E-state index in [9.17, 15) is 13.2 Å². The summed E-state index contributed by atoms with van der Waals surface area (Å²) in [6, 6.07) is 18.6. The van der Waals surface area contributed by atoms with E-state index >= 15 is 0 Å². The number of carbonyl (C=O) groups excluding carboxylic acids is 1. The molecule has 0 radical (unpaired) electrons. The van der Waals surface area contributed by atoms with Crippen LogP contribution in [0.4, 0.5) is 11.4 Å². The first-order valence-corrected chi connectivity index (χ1v) is 13.1. The molecule has 0 saturated heterocycles. The minimum absolute atomic E-state index is 0.0169. The highest BCUT2D eigenvalue weighted by atomic mass is 32.2. The lowest BCUT2D eigenvalue weighted by atomic mass is 10.1. The van der Waals surface area contributed by atoms with E-state index in [1.165, 1.54) is 32.4 Å². The second kappa shape index (κ2) is 10.5. The van der Waals surface area contributed by atoms with Gasteiger partial charge in [0, 0.05) is 17.8 Å². The highest BCUT2D eigenvalue weighted by molar-refractivity contribution is 7.92. The standard InChI is InChI=1S/C27H30N2O6S/c1-5-35-22-12-10-21(11-13-22)28(36(31,32)23-14-15-25(33-3)26(17-23)34-4)18-27(30)29-19(2)16-20-8-6-7-9-24(20)29/h6-15,17,19H,5,16,18H2,1-4H3/t19-/m0/s1. The number of fused-ring (bicyclic) bond motifs is 1. The summed E-state index contributed by atoms with van der Waals surface area (Å²) in [4.78, 5) is 15.3. The van der Waals surface area contributed by atoms with Crippen molar-refractivity contribution in [3.63, 3.8) is 0 Å². The van der Waals surface area contributed by atoms with Crippen LogP contribution in [-0.2, 0) is 21.2 Å². The number of hydrogen-bond donors (Lipinski definition) is 0. The third-order valence-electron chi connectivity index (χ3n) is 6.13. The second-order valence-electron chi connectivity index (χ2n) is 8.40. The monoisotopic (exact) mass is 510 g/mol. The van der Waals surface area contributed by atoms with Crippen LogP contribution >= 0.6 is 0 Å². The molecular weight excluding hydrogens is 480 g/mol. The molecule has 190 valence electrons. The van der Waals surface area contributed by atoms with Gasteiger partial charge in [-0.15, -0.1) is 0 Å². The van der Waals surface area contributed by atoms with E-state index in [2.05, 4.69) is 0 Å². The number of ether oxygens (including phenoxy) is 3. The summed E-state index contributed by atoms with van der Waals surface area (Å²) in [6.07, 6.45) is 0.716. The molecule has 3 aromatic carbocycles. The summed E-state index contributed by atoms with van der Waals surface area (Å²) in [7, 11) is -1.23. The van der Waals surface area contributed by atoms with Gasteiger partial charge in [0.25, 0.3) is 10.0 Å². The molecule has 3 aromatic rings. The van der Waals surface area contributed by atoms with Crippen LogP contribution < -0.4 is 23.4 Å². The molecule has 0 aromatic heterocycles. The normalized spacial score (nSPS) is 14.8. The third-order valence-corrected chi connectivity index (χ3v) is 7.90. The maximum absolute atomic E-state index is 13.9. The summed E-state index contributed by atoms with van der Waals surface area (Å²) in [5.41, 5.74) is 2.22. The Morgan fingerprint density at radius 3 is 2.36 bits per heavy atom. The van der Waals surface area contributed by atoms with Crippen molar-refractivity contribution in [2.24, 2.45) is 0 Å². The smallest absolute Gasteiger partial charge is 0.264 e. The molecule has 0 aliphatic carbocycles. The number of para-hydroxylation sites is 1. The van der Waals surface area contributed by atoms with Crippen molar-refractivity contribution in [3.05, 3.63) is 72.3 Å². The second-order valence-corrected chi connectivity index (χ2v) is 10.3. The molecule has 1 heterocycles. The molecule has 0 saturated carbocycles. The Morgan fingerprint density at radius 1 is 1.00 bits per heavy atom. The number of nitrogens with zero attached hydrogens (tertiary/aromatic N) is 2. The fourth-order valence-electron chi connectivity index (χ4n) is 4.44. The average Bonchev–Trinajstić information content (AvgIpc) is 3.23. The molecule has 36 heavy (non-hydrogen) atoms. The zero-order valence-electron chi connectivity index (χ0n) is 20.8. The Morgan fingerprint density at radius 2 is 1.69 bits per heavy atom. The van der Waals surface area contributed by atoms with Gasteiger partial charge in [0.15, 0.2) is 11.5 Å². The van der Waals surface area contributed by atoms with Crippen molar-refractivity contribution in [1.82, 2.24) is 0 Å². The molecule has 1 amide bonds. The minimum atomic E-state index is -4.15. The van der Waals surface area contributed by atoms with E-state index in [-0.39, 0.29) is 29.1 Å². The number of sulfonamides is 1.